The molecular formula is C19H31IN4O2S. The Balaban J connectivity index is 0.00000364. The highest BCUT2D eigenvalue weighted by Gasteiger charge is 2.26. The van der Waals surface area contributed by atoms with Crippen LogP contribution in [0.25, 0.3) is 0 Å². The van der Waals surface area contributed by atoms with Gasteiger partial charge in [0.05, 0.1) is 17.2 Å². The zero-order chi connectivity index (χ0) is 19.2. The molecule has 1 unspecified atom stereocenters. The smallest absolute Gasteiger partial charge is 0.191 e. The number of aliphatic hydroxyl groups is 1. The number of halogens is 1. The van der Waals surface area contributed by atoms with Gasteiger partial charge in [-0.2, -0.15) is 0 Å². The second-order valence-corrected chi connectivity index (χ2v) is 7.78. The molecule has 0 amide bonds. The topological polar surface area (TPSA) is 82.7 Å². The van der Waals surface area contributed by atoms with Gasteiger partial charge >= 0.3 is 0 Å². The van der Waals surface area contributed by atoms with E-state index in [1.807, 2.05) is 19.9 Å². The monoisotopic (exact) mass is 506 g/mol. The number of aryl methyl sites for hydroxylation is 1. The molecule has 0 radical (unpaired) electrons. The summed E-state index contributed by atoms with van der Waals surface area (Å²) in [5.41, 5.74) is -0.0439. The van der Waals surface area contributed by atoms with Crippen LogP contribution >= 0.6 is 35.3 Å². The molecule has 0 fully saturated rings. The SMILES string of the molecule is CCNC(=NCC(C)(O)c1ccc(C)o1)NCCc1csc(C(C)C)n1.I. The average Bonchev–Trinajstić information content (AvgIpc) is 3.22. The van der Waals surface area contributed by atoms with Gasteiger partial charge in [-0.05, 0) is 32.9 Å². The Hall–Kier alpha value is -1.13. The van der Waals surface area contributed by atoms with Crippen molar-refractivity contribution in [1.29, 1.82) is 0 Å². The van der Waals surface area contributed by atoms with Crippen molar-refractivity contribution in [3.63, 3.8) is 0 Å². The van der Waals surface area contributed by atoms with Crippen LogP contribution in [0.15, 0.2) is 26.9 Å². The third kappa shape index (κ3) is 7.42. The summed E-state index contributed by atoms with van der Waals surface area (Å²) in [6.45, 7) is 11.6. The van der Waals surface area contributed by atoms with Crippen LogP contribution < -0.4 is 10.6 Å². The summed E-state index contributed by atoms with van der Waals surface area (Å²) >= 11 is 1.71. The summed E-state index contributed by atoms with van der Waals surface area (Å²) in [4.78, 5) is 9.15. The van der Waals surface area contributed by atoms with Crippen molar-refractivity contribution in [1.82, 2.24) is 15.6 Å². The first-order chi connectivity index (χ1) is 12.3. The van der Waals surface area contributed by atoms with Gasteiger partial charge in [0.15, 0.2) is 5.96 Å². The van der Waals surface area contributed by atoms with E-state index in [9.17, 15) is 5.11 Å². The van der Waals surface area contributed by atoms with Crippen LogP contribution in [-0.2, 0) is 12.0 Å². The number of nitrogens with zero attached hydrogens (tertiary/aromatic N) is 2. The summed E-state index contributed by atoms with van der Waals surface area (Å²) < 4.78 is 5.53. The van der Waals surface area contributed by atoms with E-state index in [0.29, 0.717) is 17.6 Å². The number of furan rings is 1. The maximum Gasteiger partial charge on any atom is 0.191 e. The molecule has 0 saturated carbocycles. The molecule has 6 nitrogen and oxygen atoms in total. The molecule has 27 heavy (non-hydrogen) atoms. The largest absolute Gasteiger partial charge is 0.463 e. The van der Waals surface area contributed by atoms with E-state index in [4.69, 9.17) is 4.42 Å². The van der Waals surface area contributed by atoms with E-state index in [-0.39, 0.29) is 30.5 Å². The standard InChI is InChI=1S/C19H30N4O2S.HI/c1-6-20-18(21-10-9-15-11-26-17(23-15)13(2)3)22-12-19(5,24)16-8-7-14(4)25-16;/h7-8,11,13,24H,6,9-10,12H2,1-5H3,(H2,20,21,22);1H. The average molecular weight is 506 g/mol. The molecule has 2 aromatic heterocycles. The Kier molecular flexibility index (Phi) is 9.75. The first kappa shape index (κ1) is 23.9. The van der Waals surface area contributed by atoms with Crippen LogP contribution in [0, 0.1) is 6.92 Å². The molecule has 8 heteroatoms. The summed E-state index contributed by atoms with van der Waals surface area (Å²) in [7, 11) is 0. The predicted octanol–water partition coefficient (Wildman–Crippen LogP) is 3.79. The highest BCUT2D eigenvalue weighted by atomic mass is 127. The van der Waals surface area contributed by atoms with Gasteiger partial charge in [-0.1, -0.05) is 13.8 Å². The molecule has 0 spiro atoms. The molecule has 152 valence electrons. The molecule has 0 bridgehead atoms. The van der Waals surface area contributed by atoms with Gasteiger partial charge in [0.1, 0.15) is 17.1 Å². The zero-order valence-corrected chi connectivity index (χ0v) is 19.9. The minimum Gasteiger partial charge on any atom is -0.463 e. The fourth-order valence-corrected chi connectivity index (χ4v) is 3.26. The van der Waals surface area contributed by atoms with Crippen LogP contribution in [-0.4, -0.2) is 35.7 Å². The van der Waals surface area contributed by atoms with Crippen molar-refractivity contribution in [2.75, 3.05) is 19.6 Å². The maximum absolute atomic E-state index is 10.6. The number of thiazole rings is 1. The minimum atomic E-state index is -1.14. The highest BCUT2D eigenvalue weighted by molar-refractivity contribution is 14.0. The van der Waals surface area contributed by atoms with Crippen LogP contribution in [0.5, 0.6) is 0 Å². The summed E-state index contributed by atoms with van der Waals surface area (Å²) in [5, 5.41) is 20.4. The molecule has 0 aliphatic heterocycles. The molecule has 0 saturated heterocycles. The van der Waals surface area contributed by atoms with Crippen molar-refractivity contribution in [3.05, 3.63) is 39.7 Å². The van der Waals surface area contributed by atoms with E-state index in [0.717, 1.165) is 31.0 Å². The van der Waals surface area contributed by atoms with E-state index >= 15 is 0 Å². The van der Waals surface area contributed by atoms with E-state index in [1.54, 1.807) is 24.3 Å². The van der Waals surface area contributed by atoms with Crippen molar-refractivity contribution in [2.45, 2.75) is 52.6 Å². The number of aliphatic imine (C=N–C) groups is 1. The van der Waals surface area contributed by atoms with E-state index in [2.05, 4.69) is 39.8 Å². The lowest BCUT2D eigenvalue weighted by atomic mass is 10.0. The van der Waals surface area contributed by atoms with Gasteiger partial charge in [0, 0.05) is 30.8 Å². The number of rotatable bonds is 8. The molecular weight excluding hydrogens is 475 g/mol. The lowest BCUT2D eigenvalue weighted by Crippen LogP contribution is -2.39. The summed E-state index contributed by atoms with van der Waals surface area (Å²) in [5.74, 6) is 2.44. The summed E-state index contributed by atoms with van der Waals surface area (Å²) in [6, 6.07) is 3.63. The van der Waals surface area contributed by atoms with Crippen LogP contribution in [0.4, 0.5) is 0 Å². The second kappa shape index (κ2) is 11.0. The molecule has 0 aliphatic rings. The summed E-state index contributed by atoms with van der Waals surface area (Å²) in [6.07, 6.45) is 0.835. The number of guanidine groups is 1. The molecule has 1 atom stereocenters. The fraction of sp³-hybridized carbons (Fsp3) is 0.579. The Morgan fingerprint density at radius 3 is 2.67 bits per heavy atom. The van der Waals surface area contributed by atoms with Crippen molar-refractivity contribution in [2.24, 2.45) is 4.99 Å². The van der Waals surface area contributed by atoms with Gasteiger partial charge < -0.3 is 20.2 Å². The first-order valence-electron chi connectivity index (χ1n) is 9.07. The van der Waals surface area contributed by atoms with Crippen molar-refractivity contribution < 1.29 is 9.52 Å². The lowest BCUT2D eigenvalue weighted by molar-refractivity contribution is 0.0428. The third-order valence-corrected chi connectivity index (χ3v) is 5.09. The normalized spacial score (nSPS) is 14.0. The quantitative estimate of drug-likeness (QED) is 0.288. The van der Waals surface area contributed by atoms with Gasteiger partial charge in [0.25, 0.3) is 0 Å². The Bertz CT molecular complexity index is 725. The molecule has 2 aromatic rings. The second-order valence-electron chi connectivity index (χ2n) is 6.89. The Morgan fingerprint density at radius 2 is 2.11 bits per heavy atom. The number of aromatic nitrogens is 1. The third-order valence-electron chi connectivity index (χ3n) is 3.90. The number of hydrogen-bond acceptors (Lipinski definition) is 5. The van der Waals surface area contributed by atoms with Gasteiger partial charge in [-0.15, -0.1) is 35.3 Å². The van der Waals surface area contributed by atoms with Gasteiger partial charge in [-0.25, -0.2) is 9.98 Å². The Labute approximate surface area is 182 Å². The molecule has 0 aliphatic carbocycles. The molecule has 2 rings (SSSR count). The lowest BCUT2D eigenvalue weighted by Gasteiger charge is -2.19. The number of nitrogens with one attached hydrogen (secondary N) is 2. The molecule has 3 N–H and O–H groups in total. The minimum absolute atomic E-state index is 0. The Morgan fingerprint density at radius 1 is 1.37 bits per heavy atom. The molecule has 0 aromatic carbocycles. The van der Waals surface area contributed by atoms with E-state index in [1.165, 1.54) is 5.01 Å². The zero-order valence-electron chi connectivity index (χ0n) is 16.7. The van der Waals surface area contributed by atoms with Gasteiger partial charge in [0.2, 0.25) is 0 Å². The fourth-order valence-electron chi connectivity index (χ4n) is 2.39. The van der Waals surface area contributed by atoms with Crippen LogP contribution in [0.1, 0.15) is 55.8 Å². The van der Waals surface area contributed by atoms with E-state index < -0.39 is 5.60 Å². The predicted molar refractivity (Wildman–Crippen MR) is 122 cm³/mol. The van der Waals surface area contributed by atoms with Crippen LogP contribution in [0.2, 0.25) is 0 Å². The first-order valence-corrected chi connectivity index (χ1v) is 9.95. The maximum atomic E-state index is 10.6. The molecule has 2 heterocycles. The van der Waals surface area contributed by atoms with Gasteiger partial charge in [-0.3, -0.25) is 0 Å². The van der Waals surface area contributed by atoms with Crippen LogP contribution in [0.3, 0.4) is 0 Å². The van der Waals surface area contributed by atoms with Crippen molar-refractivity contribution >= 4 is 41.3 Å². The van der Waals surface area contributed by atoms with Crippen molar-refractivity contribution in [3.8, 4) is 0 Å². The highest BCUT2D eigenvalue weighted by Crippen LogP contribution is 2.23. The number of hydrogen-bond donors (Lipinski definition) is 3.